The molecule has 0 saturated heterocycles. The van der Waals surface area contributed by atoms with Gasteiger partial charge in [-0.15, -0.1) is 0 Å². The van der Waals surface area contributed by atoms with E-state index in [4.69, 9.17) is 0 Å². The van der Waals surface area contributed by atoms with Gasteiger partial charge in [-0.3, -0.25) is 4.79 Å². The highest BCUT2D eigenvalue weighted by molar-refractivity contribution is 5.87. The standard InChI is InChI=1S/C23H22FN3O/c24-16-6-8-22-19(12-16)18-11-14(5-7-21(18)27-22)23(28)25-10-9-15-13-26-20-4-2-1-3-17(15)20/h1-4,6,8,12-14,26-27H,5,7,9-11H2,(H,25,28). The molecule has 1 amide bonds. The minimum absolute atomic E-state index is 0.0577. The van der Waals surface area contributed by atoms with Crippen molar-refractivity contribution in [1.29, 1.82) is 0 Å². The molecule has 142 valence electrons. The lowest BCUT2D eigenvalue weighted by atomic mass is 9.86. The first kappa shape index (κ1) is 17.0. The number of para-hydroxylation sites is 1. The third-order valence-electron chi connectivity index (χ3n) is 5.89. The Labute approximate surface area is 162 Å². The fourth-order valence-electron chi connectivity index (χ4n) is 4.42. The van der Waals surface area contributed by atoms with Crippen molar-refractivity contribution in [2.45, 2.75) is 25.7 Å². The zero-order valence-corrected chi connectivity index (χ0v) is 15.5. The predicted molar refractivity (Wildman–Crippen MR) is 109 cm³/mol. The third kappa shape index (κ3) is 2.97. The van der Waals surface area contributed by atoms with E-state index in [-0.39, 0.29) is 17.6 Å². The number of hydrogen-bond donors (Lipinski definition) is 3. The normalized spacial score (nSPS) is 16.4. The van der Waals surface area contributed by atoms with Crippen LogP contribution in [0.5, 0.6) is 0 Å². The average molecular weight is 375 g/mol. The first-order valence-electron chi connectivity index (χ1n) is 9.81. The number of amides is 1. The van der Waals surface area contributed by atoms with Crippen molar-refractivity contribution in [1.82, 2.24) is 15.3 Å². The van der Waals surface area contributed by atoms with E-state index in [2.05, 4.69) is 27.4 Å². The smallest absolute Gasteiger partial charge is 0.223 e. The van der Waals surface area contributed by atoms with Gasteiger partial charge in [-0.1, -0.05) is 18.2 Å². The number of carbonyl (C=O) groups excluding carboxylic acids is 1. The van der Waals surface area contributed by atoms with Gasteiger partial charge in [0.2, 0.25) is 5.91 Å². The van der Waals surface area contributed by atoms with Crippen LogP contribution in [0.2, 0.25) is 0 Å². The zero-order chi connectivity index (χ0) is 19.1. The van der Waals surface area contributed by atoms with Crippen LogP contribution in [-0.2, 0) is 24.1 Å². The summed E-state index contributed by atoms with van der Waals surface area (Å²) in [5, 5.41) is 5.22. The van der Waals surface area contributed by atoms with E-state index in [1.54, 1.807) is 12.1 Å². The average Bonchev–Trinajstić information content (AvgIpc) is 3.29. The van der Waals surface area contributed by atoms with E-state index in [0.29, 0.717) is 13.0 Å². The lowest BCUT2D eigenvalue weighted by Gasteiger charge is -2.21. The fraction of sp³-hybridized carbons (Fsp3) is 0.261. The minimum atomic E-state index is -0.236. The van der Waals surface area contributed by atoms with E-state index in [9.17, 15) is 9.18 Å². The lowest BCUT2D eigenvalue weighted by Crippen LogP contribution is -2.35. The molecule has 0 bridgehead atoms. The van der Waals surface area contributed by atoms with E-state index in [1.165, 1.54) is 17.0 Å². The number of rotatable bonds is 4. The van der Waals surface area contributed by atoms with Gasteiger partial charge in [-0.05, 0) is 61.1 Å². The van der Waals surface area contributed by atoms with Gasteiger partial charge >= 0.3 is 0 Å². The van der Waals surface area contributed by atoms with E-state index in [1.807, 2.05) is 18.3 Å². The second-order valence-corrected chi connectivity index (χ2v) is 7.61. The monoisotopic (exact) mass is 375 g/mol. The number of hydrogen-bond acceptors (Lipinski definition) is 1. The highest BCUT2D eigenvalue weighted by Gasteiger charge is 2.27. The van der Waals surface area contributed by atoms with Crippen molar-refractivity contribution in [3.05, 3.63) is 71.3 Å². The topological polar surface area (TPSA) is 60.7 Å². The second-order valence-electron chi connectivity index (χ2n) is 7.61. The molecule has 0 radical (unpaired) electrons. The molecule has 0 saturated carbocycles. The zero-order valence-electron chi connectivity index (χ0n) is 15.5. The van der Waals surface area contributed by atoms with Crippen molar-refractivity contribution < 1.29 is 9.18 Å². The van der Waals surface area contributed by atoms with Gasteiger partial charge in [0.25, 0.3) is 0 Å². The van der Waals surface area contributed by atoms with Crippen LogP contribution >= 0.6 is 0 Å². The molecule has 0 aliphatic heterocycles. The van der Waals surface area contributed by atoms with Crippen LogP contribution < -0.4 is 5.32 Å². The lowest BCUT2D eigenvalue weighted by molar-refractivity contribution is -0.125. The van der Waals surface area contributed by atoms with Gasteiger partial charge in [0.05, 0.1) is 0 Å². The number of carbonyl (C=O) groups is 1. The Morgan fingerprint density at radius 2 is 2.04 bits per heavy atom. The molecule has 2 aromatic carbocycles. The Balaban J connectivity index is 1.25. The molecule has 1 atom stereocenters. The van der Waals surface area contributed by atoms with Crippen LogP contribution in [0.4, 0.5) is 4.39 Å². The van der Waals surface area contributed by atoms with Crippen LogP contribution in [0, 0.1) is 11.7 Å². The Morgan fingerprint density at radius 3 is 2.96 bits per heavy atom. The first-order valence-corrected chi connectivity index (χ1v) is 9.81. The van der Waals surface area contributed by atoms with Crippen LogP contribution in [0.1, 0.15) is 23.2 Å². The largest absolute Gasteiger partial charge is 0.361 e. The summed E-state index contributed by atoms with van der Waals surface area (Å²) in [6.45, 7) is 0.618. The van der Waals surface area contributed by atoms with Gasteiger partial charge in [-0.25, -0.2) is 4.39 Å². The van der Waals surface area contributed by atoms with E-state index < -0.39 is 0 Å². The number of fused-ring (bicyclic) bond motifs is 4. The van der Waals surface area contributed by atoms with E-state index in [0.717, 1.165) is 46.9 Å². The molecule has 1 unspecified atom stereocenters. The number of aromatic nitrogens is 2. The summed E-state index contributed by atoms with van der Waals surface area (Å²) in [7, 11) is 0. The number of aromatic amines is 2. The second kappa shape index (κ2) is 6.82. The first-order chi connectivity index (χ1) is 13.7. The molecule has 4 aromatic rings. The van der Waals surface area contributed by atoms with Gasteiger partial charge in [0.1, 0.15) is 5.82 Å². The molecular formula is C23H22FN3O. The quantitative estimate of drug-likeness (QED) is 0.491. The Morgan fingerprint density at radius 1 is 1.14 bits per heavy atom. The summed E-state index contributed by atoms with van der Waals surface area (Å²) >= 11 is 0. The number of H-pyrrole nitrogens is 2. The summed E-state index contributed by atoms with van der Waals surface area (Å²) in [6.07, 6.45) is 5.13. The van der Waals surface area contributed by atoms with Crippen LogP contribution in [0.3, 0.4) is 0 Å². The minimum Gasteiger partial charge on any atom is -0.361 e. The molecule has 2 heterocycles. The highest BCUT2D eigenvalue weighted by Crippen LogP contribution is 2.32. The van der Waals surface area contributed by atoms with Gasteiger partial charge in [-0.2, -0.15) is 0 Å². The van der Waals surface area contributed by atoms with Gasteiger partial charge < -0.3 is 15.3 Å². The van der Waals surface area contributed by atoms with Crippen molar-refractivity contribution in [3.8, 4) is 0 Å². The Bertz CT molecular complexity index is 1170. The molecule has 1 aliphatic carbocycles. The van der Waals surface area contributed by atoms with E-state index >= 15 is 0 Å². The summed E-state index contributed by atoms with van der Waals surface area (Å²) in [6, 6.07) is 13.0. The maximum Gasteiger partial charge on any atom is 0.223 e. The van der Waals surface area contributed by atoms with Crippen molar-refractivity contribution >= 4 is 27.7 Å². The number of halogens is 1. The van der Waals surface area contributed by atoms with Crippen molar-refractivity contribution in [2.75, 3.05) is 6.54 Å². The maximum atomic E-state index is 13.7. The molecule has 5 rings (SSSR count). The molecule has 28 heavy (non-hydrogen) atoms. The van der Waals surface area contributed by atoms with Crippen molar-refractivity contribution in [3.63, 3.8) is 0 Å². The molecular weight excluding hydrogens is 353 g/mol. The summed E-state index contributed by atoms with van der Waals surface area (Å²) < 4.78 is 13.7. The third-order valence-corrected chi connectivity index (χ3v) is 5.89. The van der Waals surface area contributed by atoms with Crippen LogP contribution in [0.25, 0.3) is 21.8 Å². The van der Waals surface area contributed by atoms with Gasteiger partial charge in [0.15, 0.2) is 0 Å². The van der Waals surface area contributed by atoms with Crippen LogP contribution in [0.15, 0.2) is 48.7 Å². The number of benzene rings is 2. The molecule has 0 fully saturated rings. The SMILES string of the molecule is O=C(NCCc1c[nH]c2ccccc12)C1CCc2[nH]c3ccc(F)cc3c2C1. The molecule has 4 nitrogen and oxygen atoms in total. The molecule has 1 aliphatic rings. The highest BCUT2D eigenvalue weighted by atomic mass is 19.1. The number of nitrogens with one attached hydrogen (secondary N) is 3. The molecule has 3 N–H and O–H groups in total. The maximum absolute atomic E-state index is 13.7. The molecule has 0 spiro atoms. The number of aryl methyl sites for hydroxylation is 1. The summed E-state index contributed by atoms with van der Waals surface area (Å²) in [5.41, 5.74) is 5.52. The Hall–Kier alpha value is -3.08. The summed E-state index contributed by atoms with van der Waals surface area (Å²) in [5.74, 6) is -0.200. The molecule has 5 heteroatoms. The van der Waals surface area contributed by atoms with Gasteiger partial charge in [0, 0.05) is 46.2 Å². The molecule has 2 aromatic heterocycles. The fourth-order valence-corrected chi connectivity index (χ4v) is 4.42. The van der Waals surface area contributed by atoms with Crippen molar-refractivity contribution in [2.24, 2.45) is 5.92 Å². The summed E-state index contributed by atoms with van der Waals surface area (Å²) in [4.78, 5) is 19.4. The van der Waals surface area contributed by atoms with Crippen LogP contribution in [-0.4, -0.2) is 22.4 Å². The Kier molecular flexibility index (Phi) is 4.15. The predicted octanol–water partition coefficient (Wildman–Crippen LogP) is 4.25.